The summed E-state index contributed by atoms with van der Waals surface area (Å²) in [7, 11) is 0. The van der Waals surface area contributed by atoms with Crippen molar-refractivity contribution in [2.24, 2.45) is 10.2 Å². The summed E-state index contributed by atoms with van der Waals surface area (Å²) in [4.78, 5) is 10.6. The number of carbonyl (C=O) groups is 1. The van der Waals surface area contributed by atoms with E-state index >= 15 is 0 Å². The highest BCUT2D eigenvalue weighted by molar-refractivity contribution is 6.24. The molecule has 3 atom stereocenters. The number of azo groups is 1. The number of hydrogen-bond donors (Lipinski definition) is 1. The zero-order valence-corrected chi connectivity index (χ0v) is 7.67. The van der Waals surface area contributed by atoms with Crippen molar-refractivity contribution in [1.82, 2.24) is 0 Å². The van der Waals surface area contributed by atoms with E-state index in [1.807, 2.05) is 0 Å². The van der Waals surface area contributed by atoms with Crippen molar-refractivity contribution < 1.29 is 23.1 Å². The fraction of sp³-hybridized carbons (Fsp3) is 0.833. The Hall–Kier alpha value is -0.850. The number of alkyl halides is 4. The van der Waals surface area contributed by atoms with Crippen LogP contribution < -0.4 is 0 Å². The van der Waals surface area contributed by atoms with Crippen LogP contribution in [0.3, 0.4) is 0 Å². The summed E-state index contributed by atoms with van der Waals surface area (Å²) in [5.41, 5.74) is -2.00. The molecule has 1 aliphatic heterocycles. The lowest BCUT2D eigenvalue weighted by Gasteiger charge is -2.22. The van der Waals surface area contributed by atoms with E-state index in [1.54, 1.807) is 0 Å². The highest BCUT2D eigenvalue weighted by Crippen LogP contribution is 2.40. The van der Waals surface area contributed by atoms with Crippen LogP contribution in [0.2, 0.25) is 0 Å². The second-order valence-electron chi connectivity index (χ2n) is 3.06. The van der Waals surface area contributed by atoms with Crippen molar-refractivity contribution >= 4 is 17.6 Å². The summed E-state index contributed by atoms with van der Waals surface area (Å²) in [6.07, 6.45) is -4.66. The van der Waals surface area contributed by atoms with Crippen molar-refractivity contribution in [3.63, 3.8) is 0 Å². The summed E-state index contributed by atoms with van der Waals surface area (Å²) in [6, 6.07) is -2.25. The van der Waals surface area contributed by atoms with Gasteiger partial charge in [0.15, 0.2) is 11.6 Å². The van der Waals surface area contributed by atoms with E-state index in [2.05, 4.69) is 10.2 Å². The SMILES string of the molecule is CC1(C(=O)O)N=NC(C(F)(F)F)C1Cl. The van der Waals surface area contributed by atoms with Gasteiger partial charge in [-0.05, 0) is 6.92 Å². The molecule has 3 unspecified atom stereocenters. The summed E-state index contributed by atoms with van der Waals surface area (Å²) in [5, 5.41) is 12.8. The fourth-order valence-corrected chi connectivity index (χ4v) is 1.33. The first-order valence-corrected chi connectivity index (χ1v) is 3.99. The third kappa shape index (κ3) is 1.56. The molecule has 1 heterocycles. The molecule has 0 aliphatic carbocycles. The second kappa shape index (κ2) is 3.08. The molecule has 0 saturated heterocycles. The van der Waals surface area contributed by atoms with Crippen LogP contribution in [0.1, 0.15) is 6.92 Å². The maximum absolute atomic E-state index is 12.2. The smallest absolute Gasteiger partial charge is 0.414 e. The Kier molecular flexibility index (Phi) is 2.47. The largest absolute Gasteiger partial charge is 0.479 e. The molecule has 0 bridgehead atoms. The van der Waals surface area contributed by atoms with E-state index < -0.39 is 29.1 Å². The average molecular weight is 231 g/mol. The van der Waals surface area contributed by atoms with Gasteiger partial charge in [0, 0.05) is 0 Å². The normalized spacial score (nSPS) is 37.5. The minimum Gasteiger partial charge on any atom is -0.479 e. The summed E-state index contributed by atoms with van der Waals surface area (Å²) in [5.74, 6) is -1.52. The maximum Gasteiger partial charge on any atom is 0.414 e. The average Bonchev–Trinajstić information content (AvgIpc) is 2.28. The topological polar surface area (TPSA) is 62.0 Å². The molecule has 0 spiro atoms. The lowest BCUT2D eigenvalue weighted by molar-refractivity contribution is -0.151. The molecule has 0 aromatic carbocycles. The van der Waals surface area contributed by atoms with Crippen molar-refractivity contribution in [1.29, 1.82) is 0 Å². The fourth-order valence-electron chi connectivity index (χ4n) is 0.995. The van der Waals surface area contributed by atoms with Gasteiger partial charge >= 0.3 is 12.1 Å². The van der Waals surface area contributed by atoms with E-state index in [9.17, 15) is 18.0 Å². The minimum absolute atomic E-state index is 1.00. The first kappa shape index (κ1) is 11.2. The Morgan fingerprint density at radius 3 is 2.29 bits per heavy atom. The molecule has 0 saturated carbocycles. The zero-order valence-electron chi connectivity index (χ0n) is 6.92. The number of aliphatic carboxylic acids is 1. The minimum atomic E-state index is -4.66. The maximum atomic E-state index is 12.2. The van der Waals surface area contributed by atoms with Crippen molar-refractivity contribution in [2.75, 3.05) is 0 Å². The van der Waals surface area contributed by atoms with Gasteiger partial charge in [0.1, 0.15) is 5.38 Å². The van der Waals surface area contributed by atoms with Crippen LogP contribution in [0.4, 0.5) is 13.2 Å². The zero-order chi connectivity index (χ0) is 11.1. The first-order valence-electron chi connectivity index (χ1n) is 3.56. The van der Waals surface area contributed by atoms with Crippen molar-refractivity contribution in [3.8, 4) is 0 Å². The first-order chi connectivity index (χ1) is 6.19. The standard InChI is InChI=1S/C6H6ClF3N2O2/c1-5(4(13)14)2(7)3(11-12-5)6(8,9)10/h2-3H,1H3,(H,13,14). The molecule has 0 aromatic heterocycles. The molecule has 0 aromatic rings. The second-order valence-corrected chi connectivity index (χ2v) is 3.53. The van der Waals surface area contributed by atoms with Gasteiger partial charge in [0.25, 0.3) is 0 Å². The third-order valence-corrected chi connectivity index (χ3v) is 2.64. The summed E-state index contributed by atoms with van der Waals surface area (Å²) in [6.45, 7) is 1.00. The Labute approximate surface area is 81.8 Å². The number of nitrogens with zero attached hydrogens (tertiary/aromatic N) is 2. The van der Waals surface area contributed by atoms with E-state index in [0.717, 1.165) is 6.92 Å². The molecule has 80 valence electrons. The molecular weight excluding hydrogens is 225 g/mol. The Morgan fingerprint density at radius 1 is 1.57 bits per heavy atom. The van der Waals surface area contributed by atoms with Crippen LogP contribution in [0.25, 0.3) is 0 Å². The monoisotopic (exact) mass is 230 g/mol. The molecule has 8 heteroatoms. The van der Waals surface area contributed by atoms with Gasteiger partial charge < -0.3 is 5.11 Å². The molecule has 0 amide bonds. The predicted octanol–water partition coefficient (Wildman–Crippen LogP) is 1.83. The van der Waals surface area contributed by atoms with Gasteiger partial charge in [0.2, 0.25) is 0 Å². The number of halogens is 4. The lowest BCUT2D eigenvalue weighted by Crippen LogP contribution is -2.47. The van der Waals surface area contributed by atoms with Crippen LogP contribution in [-0.4, -0.2) is 34.2 Å². The third-order valence-electron chi connectivity index (χ3n) is 1.97. The highest BCUT2D eigenvalue weighted by atomic mass is 35.5. The summed E-state index contributed by atoms with van der Waals surface area (Å²) < 4.78 is 36.6. The van der Waals surface area contributed by atoms with Crippen LogP contribution in [0.5, 0.6) is 0 Å². The van der Waals surface area contributed by atoms with Crippen LogP contribution >= 0.6 is 11.6 Å². The van der Waals surface area contributed by atoms with Crippen LogP contribution in [-0.2, 0) is 4.79 Å². The van der Waals surface area contributed by atoms with E-state index in [-0.39, 0.29) is 0 Å². The Balaban J connectivity index is 2.96. The van der Waals surface area contributed by atoms with Gasteiger partial charge in [0.05, 0.1) is 0 Å². The van der Waals surface area contributed by atoms with Crippen molar-refractivity contribution in [3.05, 3.63) is 0 Å². The molecular formula is C6H6ClF3N2O2. The molecule has 1 N–H and O–H groups in total. The molecule has 1 aliphatic rings. The van der Waals surface area contributed by atoms with Crippen LogP contribution in [0.15, 0.2) is 10.2 Å². The van der Waals surface area contributed by atoms with E-state index in [1.165, 1.54) is 0 Å². The van der Waals surface area contributed by atoms with Crippen LogP contribution in [0, 0.1) is 0 Å². The van der Waals surface area contributed by atoms with Crippen molar-refractivity contribution in [2.45, 2.75) is 30.1 Å². The van der Waals surface area contributed by atoms with Gasteiger partial charge in [-0.1, -0.05) is 0 Å². The number of carboxylic acids is 1. The molecule has 0 radical (unpaired) electrons. The quantitative estimate of drug-likeness (QED) is 0.699. The van der Waals surface area contributed by atoms with Gasteiger partial charge in [-0.2, -0.15) is 23.4 Å². The number of hydrogen-bond acceptors (Lipinski definition) is 3. The molecule has 1 rings (SSSR count). The Bertz CT molecular complexity index is 293. The van der Waals surface area contributed by atoms with Gasteiger partial charge in [-0.3, -0.25) is 0 Å². The number of rotatable bonds is 1. The van der Waals surface area contributed by atoms with E-state index in [0.29, 0.717) is 0 Å². The van der Waals surface area contributed by atoms with Gasteiger partial charge in [-0.25, -0.2) is 4.79 Å². The van der Waals surface area contributed by atoms with Gasteiger partial charge in [-0.15, -0.1) is 11.6 Å². The Morgan fingerprint density at radius 2 is 2.07 bits per heavy atom. The molecule has 0 fully saturated rings. The predicted molar refractivity (Wildman–Crippen MR) is 40.4 cm³/mol. The number of carboxylic acid groups (broad SMARTS) is 1. The summed E-state index contributed by atoms with van der Waals surface area (Å²) >= 11 is 5.38. The highest BCUT2D eigenvalue weighted by Gasteiger charge is 2.58. The lowest BCUT2D eigenvalue weighted by atomic mass is 9.95. The molecule has 14 heavy (non-hydrogen) atoms. The van der Waals surface area contributed by atoms with E-state index in [4.69, 9.17) is 16.7 Å². The molecule has 4 nitrogen and oxygen atoms in total.